The maximum absolute atomic E-state index is 13.5. The van der Waals surface area contributed by atoms with E-state index in [1.165, 1.54) is 11.8 Å². The fraction of sp³-hybridized carbons (Fsp3) is 0.419. The van der Waals surface area contributed by atoms with E-state index in [1.807, 2.05) is 30.3 Å². The van der Waals surface area contributed by atoms with Crippen LogP contribution in [0.25, 0.3) is 5.57 Å². The molecule has 0 unspecified atom stereocenters. The van der Waals surface area contributed by atoms with Gasteiger partial charge < -0.3 is 25.8 Å². The van der Waals surface area contributed by atoms with Crippen molar-refractivity contribution in [3.05, 3.63) is 65.4 Å². The van der Waals surface area contributed by atoms with Gasteiger partial charge in [0.2, 0.25) is 11.8 Å². The summed E-state index contributed by atoms with van der Waals surface area (Å²) in [6.45, 7) is 1.31. The lowest BCUT2D eigenvalue weighted by Gasteiger charge is -2.32. The standard InChI is InChI=1S/C31H37N5O3/c1-33-19-26(18-32)21-5-3-20(4-6-21)22-13-15-36(16-14-22)31(39)25-11-12-28(35(2)30(38)24-9-10-24)27(17-25)34-29(37)23-7-8-23/h3-6,11-12,17-19,22-24,32-33H,7-10,13-16H2,1-2H3,(H,34,37)/b26-19+,32-18?. The monoisotopic (exact) mass is 527 g/mol. The second-order valence-electron chi connectivity index (χ2n) is 10.9. The number of amides is 3. The third-order valence-electron chi connectivity index (χ3n) is 8.02. The Morgan fingerprint density at radius 2 is 1.56 bits per heavy atom. The molecule has 0 aromatic heterocycles. The number of carbonyl (C=O) groups excluding carboxylic acids is 3. The number of hydrogen-bond donors (Lipinski definition) is 3. The first kappa shape index (κ1) is 26.7. The van der Waals surface area contributed by atoms with E-state index in [1.54, 1.807) is 30.1 Å². The topological polar surface area (TPSA) is 106 Å². The third-order valence-corrected chi connectivity index (χ3v) is 8.02. The predicted octanol–water partition coefficient (Wildman–Crippen LogP) is 4.64. The Morgan fingerprint density at radius 3 is 2.15 bits per heavy atom. The van der Waals surface area contributed by atoms with Crippen LogP contribution < -0.4 is 15.5 Å². The average molecular weight is 528 g/mol. The van der Waals surface area contributed by atoms with Gasteiger partial charge in [0.25, 0.3) is 5.91 Å². The molecular formula is C31H37N5O3. The summed E-state index contributed by atoms with van der Waals surface area (Å²) < 4.78 is 0. The highest BCUT2D eigenvalue weighted by atomic mass is 16.2. The van der Waals surface area contributed by atoms with Crippen molar-refractivity contribution < 1.29 is 14.4 Å². The van der Waals surface area contributed by atoms with Crippen molar-refractivity contribution in [1.82, 2.24) is 10.2 Å². The highest BCUT2D eigenvalue weighted by molar-refractivity contribution is 6.08. The number of rotatable bonds is 9. The van der Waals surface area contributed by atoms with Crippen LogP contribution in [0.1, 0.15) is 65.9 Å². The van der Waals surface area contributed by atoms with Gasteiger partial charge in [-0.25, -0.2) is 0 Å². The molecule has 1 heterocycles. The quantitative estimate of drug-likeness (QED) is 0.413. The summed E-state index contributed by atoms with van der Waals surface area (Å²) in [7, 11) is 3.56. The molecule has 3 amide bonds. The van der Waals surface area contributed by atoms with Gasteiger partial charge in [-0.15, -0.1) is 0 Å². The van der Waals surface area contributed by atoms with Crippen molar-refractivity contribution in [2.45, 2.75) is 44.4 Å². The summed E-state index contributed by atoms with van der Waals surface area (Å²) in [5, 5.41) is 13.6. The van der Waals surface area contributed by atoms with E-state index in [-0.39, 0.29) is 29.6 Å². The molecule has 204 valence electrons. The minimum Gasteiger partial charge on any atom is -0.393 e. The molecule has 0 spiro atoms. The summed E-state index contributed by atoms with van der Waals surface area (Å²) in [6.07, 6.45) is 8.46. The third kappa shape index (κ3) is 6.05. The number of likely N-dealkylation sites (tertiary alicyclic amines) is 1. The van der Waals surface area contributed by atoms with E-state index in [0.29, 0.717) is 35.9 Å². The maximum atomic E-state index is 13.5. The molecule has 2 aliphatic carbocycles. The summed E-state index contributed by atoms with van der Waals surface area (Å²) >= 11 is 0. The molecule has 0 atom stereocenters. The Morgan fingerprint density at radius 1 is 0.923 bits per heavy atom. The van der Waals surface area contributed by atoms with Gasteiger partial charge in [0, 0.05) is 62.6 Å². The maximum Gasteiger partial charge on any atom is 0.253 e. The molecule has 0 radical (unpaired) electrons. The van der Waals surface area contributed by atoms with Gasteiger partial charge in [0.05, 0.1) is 11.4 Å². The van der Waals surface area contributed by atoms with Gasteiger partial charge in [0.15, 0.2) is 0 Å². The fourth-order valence-electron chi connectivity index (χ4n) is 5.27. The SMILES string of the molecule is CN/C=C(\C=N)c1ccc(C2CCN(C(=O)c3ccc(N(C)C(=O)C4CC4)c(NC(=O)C4CC4)c3)CC2)cc1. The Balaban J connectivity index is 1.26. The van der Waals surface area contributed by atoms with Gasteiger partial charge in [0.1, 0.15) is 0 Å². The number of nitrogens with one attached hydrogen (secondary N) is 3. The van der Waals surface area contributed by atoms with Crippen molar-refractivity contribution in [2.24, 2.45) is 11.8 Å². The molecule has 2 aromatic carbocycles. The van der Waals surface area contributed by atoms with E-state index in [0.717, 1.165) is 49.7 Å². The van der Waals surface area contributed by atoms with Crippen LogP contribution in [-0.4, -0.2) is 56.0 Å². The molecule has 2 saturated carbocycles. The van der Waals surface area contributed by atoms with Crippen molar-refractivity contribution in [2.75, 3.05) is 37.4 Å². The molecular weight excluding hydrogens is 490 g/mol. The Bertz CT molecular complexity index is 1290. The lowest BCUT2D eigenvalue weighted by molar-refractivity contribution is -0.119. The minimum absolute atomic E-state index is 0.0192. The van der Waals surface area contributed by atoms with Crippen LogP contribution in [0.15, 0.2) is 48.7 Å². The van der Waals surface area contributed by atoms with Crippen molar-refractivity contribution in [1.29, 1.82) is 5.41 Å². The zero-order valence-corrected chi connectivity index (χ0v) is 22.7. The number of hydrogen-bond acceptors (Lipinski definition) is 5. The average Bonchev–Trinajstić information content (AvgIpc) is 3.88. The number of nitrogens with zero attached hydrogens (tertiary/aromatic N) is 2. The number of anilines is 2. The lowest BCUT2D eigenvalue weighted by Crippen LogP contribution is -2.38. The summed E-state index contributed by atoms with van der Waals surface area (Å²) in [6, 6.07) is 13.6. The van der Waals surface area contributed by atoms with Gasteiger partial charge in [-0.3, -0.25) is 14.4 Å². The largest absolute Gasteiger partial charge is 0.393 e. The number of allylic oxidation sites excluding steroid dienone is 1. The molecule has 8 nitrogen and oxygen atoms in total. The first-order valence-corrected chi connectivity index (χ1v) is 13.9. The normalized spacial score (nSPS) is 17.9. The van der Waals surface area contributed by atoms with Crippen molar-refractivity contribution >= 4 is 40.9 Å². The van der Waals surface area contributed by atoms with E-state index < -0.39 is 0 Å². The van der Waals surface area contributed by atoms with Crippen molar-refractivity contribution in [3.8, 4) is 0 Å². The molecule has 39 heavy (non-hydrogen) atoms. The van der Waals surface area contributed by atoms with Gasteiger partial charge >= 0.3 is 0 Å². The van der Waals surface area contributed by atoms with Gasteiger partial charge in [-0.1, -0.05) is 24.3 Å². The van der Waals surface area contributed by atoms with Crippen LogP contribution in [0.4, 0.5) is 11.4 Å². The van der Waals surface area contributed by atoms with Crippen LogP contribution >= 0.6 is 0 Å². The molecule has 1 aliphatic heterocycles. The zero-order valence-electron chi connectivity index (χ0n) is 22.7. The van der Waals surface area contributed by atoms with Crippen LogP contribution in [0.2, 0.25) is 0 Å². The van der Waals surface area contributed by atoms with Crippen LogP contribution in [-0.2, 0) is 9.59 Å². The second-order valence-corrected chi connectivity index (χ2v) is 10.9. The fourth-order valence-corrected chi connectivity index (χ4v) is 5.27. The molecule has 1 saturated heterocycles. The summed E-state index contributed by atoms with van der Waals surface area (Å²) in [4.78, 5) is 42.3. The second kappa shape index (κ2) is 11.4. The Hall–Kier alpha value is -3.94. The molecule has 3 fully saturated rings. The number of carbonyl (C=O) groups is 3. The molecule has 2 aromatic rings. The predicted molar refractivity (Wildman–Crippen MR) is 154 cm³/mol. The van der Waals surface area contributed by atoms with E-state index in [4.69, 9.17) is 5.41 Å². The van der Waals surface area contributed by atoms with Gasteiger partial charge in [-0.05, 0) is 73.8 Å². The smallest absolute Gasteiger partial charge is 0.253 e. The highest BCUT2D eigenvalue weighted by Crippen LogP contribution is 2.37. The van der Waals surface area contributed by atoms with Gasteiger partial charge in [-0.2, -0.15) is 0 Å². The number of benzene rings is 2. The Kier molecular flexibility index (Phi) is 7.82. The van der Waals surface area contributed by atoms with Crippen molar-refractivity contribution in [3.63, 3.8) is 0 Å². The van der Waals surface area contributed by atoms with Crippen LogP contribution in [0.5, 0.6) is 0 Å². The number of piperidine rings is 1. The first-order chi connectivity index (χ1) is 18.9. The first-order valence-electron chi connectivity index (χ1n) is 13.9. The van der Waals surface area contributed by atoms with E-state index in [9.17, 15) is 14.4 Å². The molecule has 3 N–H and O–H groups in total. The minimum atomic E-state index is -0.0544. The van der Waals surface area contributed by atoms with Crippen LogP contribution in [0.3, 0.4) is 0 Å². The lowest BCUT2D eigenvalue weighted by atomic mass is 9.88. The highest BCUT2D eigenvalue weighted by Gasteiger charge is 2.35. The van der Waals surface area contributed by atoms with E-state index in [2.05, 4.69) is 22.8 Å². The molecule has 8 heteroatoms. The molecule has 3 aliphatic rings. The summed E-state index contributed by atoms with van der Waals surface area (Å²) in [5.41, 5.74) is 4.75. The molecule has 5 rings (SSSR count). The summed E-state index contributed by atoms with van der Waals surface area (Å²) in [5.74, 6) is 0.403. The van der Waals surface area contributed by atoms with E-state index >= 15 is 0 Å². The van der Waals surface area contributed by atoms with Crippen LogP contribution in [0, 0.1) is 17.2 Å². The molecule has 0 bridgehead atoms. The Labute approximate surface area is 230 Å². The zero-order chi connectivity index (χ0) is 27.5.